The van der Waals surface area contributed by atoms with Gasteiger partial charge in [0.15, 0.2) is 0 Å². The number of benzene rings is 2. The molecule has 0 saturated carbocycles. The molecule has 19 heavy (non-hydrogen) atoms. The Labute approximate surface area is 124 Å². The summed E-state index contributed by atoms with van der Waals surface area (Å²) in [6, 6.07) is 15.6. The molecule has 0 saturated heterocycles. The molecule has 0 aliphatic rings. The summed E-state index contributed by atoms with van der Waals surface area (Å²) in [5.74, 6) is 0. The predicted molar refractivity (Wildman–Crippen MR) is 80.8 cm³/mol. The van der Waals surface area contributed by atoms with Crippen molar-refractivity contribution >= 4 is 29.5 Å². The molecule has 0 atom stereocenters. The molecular formula is C17H18NTe+. The summed E-state index contributed by atoms with van der Waals surface area (Å²) < 4.78 is 4.11. The molecular weight excluding hydrogens is 346 g/mol. The van der Waals surface area contributed by atoms with Gasteiger partial charge in [0.1, 0.15) is 0 Å². The zero-order valence-electron chi connectivity index (χ0n) is 11.6. The molecule has 0 amide bonds. The van der Waals surface area contributed by atoms with Gasteiger partial charge in [-0.05, 0) is 0 Å². The summed E-state index contributed by atoms with van der Waals surface area (Å²) in [5, 5.41) is 1.50. The van der Waals surface area contributed by atoms with Crippen LogP contribution in [0.4, 0.5) is 0 Å². The Bertz CT molecular complexity index is 726. The number of aromatic nitrogens is 1. The van der Waals surface area contributed by atoms with Gasteiger partial charge >= 0.3 is 124 Å². The van der Waals surface area contributed by atoms with E-state index in [2.05, 4.69) is 66.2 Å². The van der Waals surface area contributed by atoms with Crippen molar-refractivity contribution in [3.05, 3.63) is 64.8 Å². The fourth-order valence-corrected chi connectivity index (χ4v) is 5.52. The SMILES string of the molecule is Cc1cc2[te][n+](C)c(Cc3ccccc3)c2cc1C. The van der Waals surface area contributed by atoms with Crippen LogP contribution in [0, 0.1) is 13.8 Å². The average Bonchev–Trinajstić information content (AvgIpc) is 2.68. The van der Waals surface area contributed by atoms with Crippen LogP contribution in [0.5, 0.6) is 0 Å². The molecule has 0 aliphatic heterocycles. The number of fused-ring (bicyclic) bond motifs is 1. The summed E-state index contributed by atoms with van der Waals surface area (Å²) in [6.45, 7) is 4.44. The molecule has 3 aromatic rings. The second kappa shape index (κ2) is 5.12. The summed E-state index contributed by atoms with van der Waals surface area (Å²) in [6.07, 6.45) is 1.05. The van der Waals surface area contributed by atoms with Crippen LogP contribution < -0.4 is 2.79 Å². The van der Waals surface area contributed by atoms with Crippen molar-refractivity contribution in [2.75, 3.05) is 0 Å². The Morgan fingerprint density at radius 1 is 1.00 bits per heavy atom. The van der Waals surface area contributed by atoms with E-state index < -0.39 is 0 Å². The van der Waals surface area contributed by atoms with Gasteiger partial charge in [0.05, 0.1) is 0 Å². The number of hydrogen-bond acceptors (Lipinski definition) is 0. The summed E-state index contributed by atoms with van der Waals surface area (Å²) in [5.41, 5.74) is 5.75. The number of hydrogen-bond donors (Lipinski definition) is 0. The van der Waals surface area contributed by atoms with E-state index in [-0.39, 0.29) is 20.7 Å². The standard InChI is InChI=1S/C17H18NTe/c1-12-9-15-16(11-14-7-5-4-6-8-14)18(3)19-17(15)10-13(12)2/h4-10H,11H2,1-3H3/q+1. The Morgan fingerprint density at radius 2 is 1.68 bits per heavy atom. The molecule has 0 N–H and O–H groups in total. The van der Waals surface area contributed by atoms with E-state index >= 15 is 0 Å². The second-order valence-corrected chi connectivity index (χ2v) is 8.47. The first-order valence-corrected chi connectivity index (χ1v) is 8.79. The normalized spacial score (nSPS) is 11.1. The minimum atomic E-state index is -0.203. The van der Waals surface area contributed by atoms with E-state index in [1.165, 1.54) is 27.8 Å². The van der Waals surface area contributed by atoms with E-state index in [9.17, 15) is 0 Å². The van der Waals surface area contributed by atoms with Crippen molar-refractivity contribution in [3.63, 3.8) is 0 Å². The van der Waals surface area contributed by atoms with Crippen LogP contribution in [0.3, 0.4) is 0 Å². The topological polar surface area (TPSA) is 3.88 Å². The summed E-state index contributed by atoms with van der Waals surface area (Å²) in [7, 11) is 2.26. The first-order valence-electron chi connectivity index (χ1n) is 6.58. The molecule has 2 aromatic carbocycles. The van der Waals surface area contributed by atoms with Crippen LogP contribution in [0.1, 0.15) is 22.4 Å². The van der Waals surface area contributed by atoms with Crippen LogP contribution in [0.2, 0.25) is 0 Å². The molecule has 0 fully saturated rings. The van der Waals surface area contributed by atoms with Gasteiger partial charge in [-0.1, -0.05) is 0 Å². The van der Waals surface area contributed by atoms with E-state index in [0.717, 1.165) is 6.42 Å². The fraction of sp³-hybridized carbons (Fsp3) is 0.235. The Kier molecular flexibility index (Phi) is 3.48. The quantitative estimate of drug-likeness (QED) is 0.616. The van der Waals surface area contributed by atoms with Gasteiger partial charge in [-0.3, -0.25) is 0 Å². The Hall–Kier alpha value is -1.10. The van der Waals surface area contributed by atoms with Crippen molar-refractivity contribution < 1.29 is 2.79 Å². The van der Waals surface area contributed by atoms with Crippen LogP contribution >= 0.6 is 0 Å². The van der Waals surface area contributed by atoms with Gasteiger partial charge < -0.3 is 0 Å². The summed E-state index contributed by atoms with van der Waals surface area (Å²) >= 11 is -0.203. The van der Waals surface area contributed by atoms with Crippen molar-refractivity contribution in [2.24, 2.45) is 7.05 Å². The molecule has 96 valence electrons. The Balaban J connectivity index is 2.13. The third kappa shape index (κ3) is 2.48. The number of rotatable bonds is 2. The summed E-state index contributed by atoms with van der Waals surface area (Å²) in [4.78, 5) is 0. The average molecular weight is 364 g/mol. The van der Waals surface area contributed by atoms with Crippen LogP contribution in [0.25, 0.3) is 8.79 Å². The minimum absolute atomic E-state index is 0.203. The molecule has 0 unspecified atom stereocenters. The Morgan fingerprint density at radius 3 is 2.42 bits per heavy atom. The van der Waals surface area contributed by atoms with Crippen LogP contribution in [-0.2, 0) is 13.5 Å². The van der Waals surface area contributed by atoms with Gasteiger partial charge in [0.2, 0.25) is 0 Å². The van der Waals surface area contributed by atoms with Crippen LogP contribution in [-0.4, -0.2) is 20.7 Å². The van der Waals surface area contributed by atoms with E-state index in [4.69, 9.17) is 0 Å². The third-order valence-electron chi connectivity index (χ3n) is 3.74. The third-order valence-corrected chi connectivity index (χ3v) is 6.67. The van der Waals surface area contributed by atoms with Gasteiger partial charge in [-0.15, -0.1) is 0 Å². The second-order valence-electron chi connectivity index (χ2n) is 5.13. The van der Waals surface area contributed by atoms with Crippen LogP contribution in [0.15, 0.2) is 42.5 Å². The number of aryl methyl sites for hydroxylation is 3. The number of nitrogens with zero attached hydrogens (tertiary/aromatic N) is 1. The van der Waals surface area contributed by atoms with Gasteiger partial charge in [0, 0.05) is 0 Å². The molecule has 1 nitrogen and oxygen atoms in total. The molecule has 0 spiro atoms. The zero-order chi connectivity index (χ0) is 13.4. The van der Waals surface area contributed by atoms with Gasteiger partial charge in [0.25, 0.3) is 0 Å². The molecule has 0 aliphatic carbocycles. The van der Waals surface area contributed by atoms with E-state index in [1.54, 1.807) is 3.40 Å². The van der Waals surface area contributed by atoms with Crippen molar-refractivity contribution in [1.29, 1.82) is 0 Å². The maximum absolute atomic E-state index is 2.52. The first kappa shape index (κ1) is 12.9. The molecule has 1 aromatic heterocycles. The maximum atomic E-state index is 2.52. The molecule has 3 rings (SSSR count). The van der Waals surface area contributed by atoms with Gasteiger partial charge in [-0.2, -0.15) is 0 Å². The fourth-order valence-electron chi connectivity index (χ4n) is 2.46. The molecule has 0 radical (unpaired) electrons. The van der Waals surface area contributed by atoms with Crippen molar-refractivity contribution in [3.8, 4) is 0 Å². The molecule has 1 heterocycles. The predicted octanol–water partition coefficient (Wildman–Crippen LogP) is 2.93. The zero-order valence-corrected chi connectivity index (χ0v) is 13.9. The van der Waals surface area contributed by atoms with E-state index in [1.807, 2.05) is 0 Å². The molecule has 2 heteroatoms. The van der Waals surface area contributed by atoms with Gasteiger partial charge in [-0.25, -0.2) is 0 Å². The monoisotopic (exact) mass is 366 g/mol. The van der Waals surface area contributed by atoms with Crippen molar-refractivity contribution in [1.82, 2.24) is 0 Å². The first-order chi connectivity index (χ1) is 9.15. The van der Waals surface area contributed by atoms with Crippen molar-refractivity contribution in [2.45, 2.75) is 20.3 Å². The van der Waals surface area contributed by atoms with E-state index in [0.29, 0.717) is 0 Å². The molecule has 0 bridgehead atoms.